The van der Waals surface area contributed by atoms with E-state index in [0.717, 1.165) is 44.9 Å². The first-order chi connectivity index (χ1) is 21.0. The normalized spacial score (nSPS) is 14.3. The lowest BCUT2D eigenvalue weighted by Gasteiger charge is -2.21. The monoisotopic (exact) mass is 606 g/mol. The number of carbonyl (C=O) groups is 1. The van der Waals surface area contributed by atoms with E-state index in [1.807, 2.05) is 6.08 Å². The number of carbonyl (C=O) groups excluding carboxylic acids is 1. The Morgan fingerprint density at radius 1 is 0.581 bits per heavy atom. The van der Waals surface area contributed by atoms with Crippen LogP contribution < -0.4 is 5.32 Å². The van der Waals surface area contributed by atoms with Crippen LogP contribution in [0.5, 0.6) is 0 Å². The molecule has 0 aromatic rings. The summed E-state index contributed by atoms with van der Waals surface area (Å²) in [7, 11) is 0. The molecular weight excluding hydrogens is 534 g/mol. The Hall–Kier alpha value is -1.43. The van der Waals surface area contributed by atoms with Crippen molar-refractivity contribution in [2.24, 2.45) is 0 Å². The lowest BCUT2D eigenvalue weighted by molar-refractivity contribution is -0.124. The second-order valence-corrected chi connectivity index (χ2v) is 12.5. The van der Waals surface area contributed by atoms with Gasteiger partial charge in [-0.1, -0.05) is 166 Å². The fourth-order valence-corrected chi connectivity index (χ4v) is 5.32. The molecule has 3 unspecified atom stereocenters. The van der Waals surface area contributed by atoms with Gasteiger partial charge in [-0.05, 0) is 38.5 Å². The Balaban J connectivity index is 3.73. The highest BCUT2D eigenvalue weighted by atomic mass is 16.3. The molecule has 0 aliphatic rings. The molecule has 0 spiro atoms. The maximum Gasteiger partial charge on any atom is 0.222 e. The second kappa shape index (κ2) is 33.5. The molecular formula is C38H71NO4. The Kier molecular flexibility index (Phi) is 32.3. The van der Waals surface area contributed by atoms with Gasteiger partial charge in [0.05, 0.1) is 31.3 Å². The van der Waals surface area contributed by atoms with Crippen molar-refractivity contribution in [3.63, 3.8) is 0 Å². The Labute approximate surface area is 266 Å². The number of rotatable bonds is 32. The summed E-state index contributed by atoms with van der Waals surface area (Å²) in [6, 6.07) is -0.762. The second-order valence-electron chi connectivity index (χ2n) is 12.5. The van der Waals surface area contributed by atoms with Gasteiger partial charge in [0.2, 0.25) is 5.91 Å². The smallest absolute Gasteiger partial charge is 0.222 e. The standard InChI is InChI=1S/C38H71NO4/c1-3-5-7-9-11-13-15-16-17-18-19-20-22-23-25-27-29-31-35(41)33-38(43)39-36(34-40)37(42)32-30-28-26-24-21-14-12-10-8-6-4-2/h8,10,21,24,30,32,35-37,40-42H,3-7,9,11-20,22-23,25-29,31,33-34H2,1-2H3,(H,39,43)/b10-8+,24-21+,32-30+. The van der Waals surface area contributed by atoms with Crippen LogP contribution in [0.3, 0.4) is 0 Å². The predicted molar refractivity (Wildman–Crippen MR) is 185 cm³/mol. The zero-order chi connectivity index (χ0) is 31.6. The molecule has 0 heterocycles. The number of allylic oxidation sites excluding steroid dienone is 5. The molecule has 3 atom stereocenters. The third kappa shape index (κ3) is 30.4. The highest BCUT2D eigenvalue weighted by molar-refractivity contribution is 5.76. The van der Waals surface area contributed by atoms with Gasteiger partial charge in [-0.25, -0.2) is 0 Å². The third-order valence-corrected chi connectivity index (χ3v) is 8.14. The molecule has 0 aliphatic carbocycles. The van der Waals surface area contributed by atoms with E-state index >= 15 is 0 Å². The van der Waals surface area contributed by atoms with E-state index in [-0.39, 0.29) is 18.9 Å². The highest BCUT2D eigenvalue weighted by Gasteiger charge is 2.20. The molecule has 0 saturated carbocycles. The van der Waals surface area contributed by atoms with Gasteiger partial charge >= 0.3 is 0 Å². The number of hydrogen-bond donors (Lipinski definition) is 4. The quantitative estimate of drug-likeness (QED) is 0.0454. The lowest BCUT2D eigenvalue weighted by Crippen LogP contribution is -2.45. The van der Waals surface area contributed by atoms with Gasteiger partial charge in [-0.2, -0.15) is 0 Å². The number of hydrogen-bond acceptors (Lipinski definition) is 4. The lowest BCUT2D eigenvalue weighted by atomic mass is 10.0. The Morgan fingerprint density at radius 3 is 1.44 bits per heavy atom. The molecule has 0 saturated heterocycles. The van der Waals surface area contributed by atoms with E-state index in [2.05, 4.69) is 43.5 Å². The summed E-state index contributed by atoms with van der Waals surface area (Å²) < 4.78 is 0. The average Bonchev–Trinajstić information content (AvgIpc) is 3.00. The van der Waals surface area contributed by atoms with Crippen LogP contribution >= 0.6 is 0 Å². The summed E-state index contributed by atoms with van der Waals surface area (Å²) in [6.07, 6.45) is 39.9. The van der Waals surface area contributed by atoms with Crippen molar-refractivity contribution in [3.05, 3.63) is 36.5 Å². The van der Waals surface area contributed by atoms with Crippen molar-refractivity contribution in [1.82, 2.24) is 5.32 Å². The van der Waals surface area contributed by atoms with Gasteiger partial charge in [0, 0.05) is 0 Å². The minimum absolute atomic E-state index is 0.00419. The van der Waals surface area contributed by atoms with E-state index in [4.69, 9.17) is 0 Å². The highest BCUT2D eigenvalue weighted by Crippen LogP contribution is 2.15. The van der Waals surface area contributed by atoms with Crippen LogP contribution in [0.4, 0.5) is 0 Å². The summed E-state index contributed by atoms with van der Waals surface area (Å²) in [4.78, 5) is 12.3. The first kappa shape index (κ1) is 41.6. The van der Waals surface area contributed by atoms with Crippen molar-refractivity contribution in [2.45, 2.75) is 193 Å². The van der Waals surface area contributed by atoms with Gasteiger partial charge in [-0.3, -0.25) is 4.79 Å². The number of unbranched alkanes of at least 4 members (excludes halogenated alkanes) is 19. The average molecular weight is 606 g/mol. The molecule has 252 valence electrons. The van der Waals surface area contributed by atoms with Crippen molar-refractivity contribution < 1.29 is 20.1 Å². The van der Waals surface area contributed by atoms with Gasteiger partial charge in [0.15, 0.2) is 0 Å². The summed E-state index contributed by atoms with van der Waals surface area (Å²) in [5.41, 5.74) is 0. The number of aliphatic hydroxyl groups excluding tert-OH is 3. The van der Waals surface area contributed by atoms with Crippen LogP contribution in [-0.2, 0) is 4.79 Å². The molecule has 43 heavy (non-hydrogen) atoms. The molecule has 0 fully saturated rings. The molecule has 0 aromatic carbocycles. The van der Waals surface area contributed by atoms with Gasteiger partial charge < -0.3 is 20.6 Å². The van der Waals surface area contributed by atoms with E-state index in [0.29, 0.717) is 6.42 Å². The van der Waals surface area contributed by atoms with Crippen LogP contribution in [0.15, 0.2) is 36.5 Å². The maximum absolute atomic E-state index is 12.3. The van der Waals surface area contributed by atoms with Crippen LogP contribution in [0.1, 0.15) is 174 Å². The summed E-state index contributed by atoms with van der Waals surface area (Å²) in [5.74, 6) is -0.332. The molecule has 5 nitrogen and oxygen atoms in total. The summed E-state index contributed by atoms with van der Waals surface area (Å²) in [5, 5.41) is 32.9. The molecule has 1 amide bonds. The predicted octanol–water partition coefficient (Wildman–Crippen LogP) is 9.65. The van der Waals surface area contributed by atoms with Crippen LogP contribution in [0, 0.1) is 0 Å². The minimum Gasteiger partial charge on any atom is -0.394 e. The number of nitrogens with one attached hydrogen (secondary N) is 1. The van der Waals surface area contributed by atoms with Crippen LogP contribution in [-0.4, -0.2) is 46.1 Å². The molecule has 4 N–H and O–H groups in total. The molecule has 0 radical (unpaired) electrons. The summed E-state index contributed by atoms with van der Waals surface area (Å²) >= 11 is 0. The van der Waals surface area contributed by atoms with Crippen molar-refractivity contribution in [1.29, 1.82) is 0 Å². The van der Waals surface area contributed by atoms with E-state index in [1.165, 1.54) is 103 Å². The van der Waals surface area contributed by atoms with Gasteiger partial charge in [-0.15, -0.1) is 0 Å². The summed E-state index contributed by atoms with van der Waals surface area (Å²) in [6.45, 7) is 4.11. The molecule has 0 rings (SSSR count). The Morgan fingerprint density at radius 2 is 1.00 bits per heavy atom. The first-order valence-electron chi connectivity index (χ1n) is 18.3. The van der Waals surface area contributed by atoms with Crippen LogP contribution in [0.2, 0.25) is 0 Å². The molecule has 0 bridgehead atoms. The topological polar surface area (TPSA) is 89.8 Å². The van der Waals surface area contributed by atoms with E-state index in [9.17, 15) is 20.1 Å². The SMILES string of the molecule is CCC/C=C/CC/C=C/CC/C=C/C(O)C(CO)NC(=O)CC(O)CCCCCCCCCCCCCCCCCCC. The minimum atomic E-state index is -0.955. The first-order valence-corrected chi connectivity index (χ1v) is 18.3. The largest absolute Gasteiger partial charge is 0.394 e. The Bertz CT molecular complexity index is 675. The zero-order valence-electron chi connectivity index (χ0n) is 28.3. The molecule has 5 heteroatoms. The fourth-order valence-electron chi connectivity index (χ4n) is 5.32. The zero-order valence-corrected chi connectivity index (χ0v) is 28.3. The third-order valence-electron chi connectivity index (χ3n) is 8.14. The van der Waals surface area contributed by atoms with Crippen molar-refractivity contribution in [3.8, 4) is 0 Å². The van der Waals surface area contributed by atoms with Gasteiger partial charge in [0.1, 0.15) is 0 Å². The maximum atomic E-state index is 12.3. The van der Waals surface area contributed by atoms with Crippen molar-refractivity contribution >= 4 is 5.91 Å². The molecule has 0 aliphatic heterocycles. The number of aliphatic hydroxyl groups is 3. The molecule has 0 aromatic heterocycles. The van der Waals surface area contributed by atoms with Crippen LogP contribution in [0.25, 0.3) is 0 Å². The van der Waals surface area contributed by atoms with E-state index < -0.39 is 18.2 Å². The van der Waals surface area contributed by atoms with Crippen molar-refractivity contribution in [2.75, 3.05) is 6.61 Å². The van der Waals surface area contributed by atoms with Gasteiger partial charge in [0.25, 0.3) is 0 Å². The van der Waals surface area contributed by atoms with E-state index in [1.54, 1.807) is 6.08 Å². The number of amides is 1. The fraction of sp³-hybridized carbons (Fsp3) is 0.816.